The maximum absolute atomic E-state index is 11.7. The number of hydrogen-bond acceptors (Lipinski definition) is 6. The number of fused-ring (bicyclic) bond motifs is 6. The van der Waals surface area contributed by atoms with Crippen LogP contribution in [0.15, 0.2) is 77.6 Å². The molecule has 0 aliphatic carbocycles. The first kappa shape index (κ1) is 28.9. The van der Waals surface area contributed by atoms with Crippen molar-refractivity contribution < 1.29 is 35.3 Å². The van der Waals surface area contributed by atoms with Gasteiger partial charge in [0.2, 0.25) is 0 Å². The number of benzene rings is 2. The Bertz CT molecular complexity index is 2170. The molecule has 8 heteroatoms. The third kappa shape index (κ3) is 4.76. The minimum Gasteiger partial charge on any atom is -0.503 e. The van der Waals surface area contributed by atoms with Crippen LogP contribution < -0.4 is 4.74 Å². The number of aromatic hydroxyl groups is 1. The van der Waals surface area contributed by atoms with E-state index >= 15 is 0 Å². The molecule has 0 aliphatic heterocycles. The summed E-state index contributed by atoms with van der Waals surface area (Å²) in [5, 5.41) is 14.3. The Hall–Kier alpha value is -4.22. The zero-order chi connectivity index (χ0) is 29.4. The number of ether oxygens (including phenoxy) is 1. The van der Waals surface area contributed by atoms with E-state index in [1.165, 1.54) is 0 Å². The number of aromatic nitrogens is 4. The zero-order valence-electron chi connectivity index (χ0n) is 24.8. The average Bonchev–Trinajstić information content (AvgIpc) is 3.49. The van der Waals surface area contributed by atoms with Crippen LogP contribution in [0.3, 0.4) is 0 Å². The van der Waals surface area contributed by atoms with Gasteiger partial charge in [0.25, 0.3) is 0 Å². The fourth-order valence-electron chi connectivity index (χ4n) is 5.57. The second kappa shape index (κ2) is 10.2. The molecule has 0 radical (unpaired) electrons. The van der Waals surface area contributed by atoms with Gasteiger partial charge in [-0.05, 0) is 64.6 Å². The van der Waals surface area contributed by atoms with Crippen LogP contribution in [-0.2, 0) is 31.9 Å². The van der Waals surface area contributed by atoms with Gasteiger partial charge in [-0.3, -0.25) is 4.57 Å². The first-order valence-electron chi connectivity index (χ1n) is 14.0. The molecule has 0 saturated carbocycles. The van der Waals surface area contributed by atoms with Gasteiger partial charge in [-0.15, -0.1) is 0 Å². The van der Waals surface area contributed by atoms with Gasteiger partial charge in [0.15, 0.2) is 11.5 Å². The standard InChI is InChI=1S/C35H31N4O3.Pt/c1-34(2,3)20-13-15-36-28(17-20)39-26-10-8-7-9-22(26)23-11-12-27(31(40)30(23)39)41-21-18-24-29-32(42-33(24)38-19-21)25(14-16-37-29)35(4,5)6;/h7-17,19,40H,1-6H3;/q-1;. The van der Waals surface area contributed by atoms with Crippen LogP contribution in [0.2, 0.25) is 0 Å². The Morgan fingerprint density at radius 1 is 0.860 bits per heavy atom. The summed E-state index contributed by atoms with van der Waals surface area (Å²) in [6, 6.07) is 21.2. The zero-order valence-corrected chi connectivity index (χ0v) is 27.1. The quantitative estimate of drug-likeness (QED) is 0.182. The van der Waals surface area contributed by atoms with Gasteiger partial charge in [0.05, 0.1) is 11.3 Å². The molecular formula is C35H31N4O3Pt-. The fraction of sp³-hybridized carbons (Fsp3) is 0.229. The van der Waals surface area contributed by atoms with Gasteiger partial charge in [-0.1, -0.05) is 71.2 Å². The van der Waals surface area contributed by atoms with Crippen molar-refractivity contribution in [3.8, 4) is 23.1 Å². The number of hydrogen-bond donors (Lipinski definition) is 1. The molecule has 43 heavy (non-hydrogen) atoms. The van der Waals surface area contributed by atoms with Crippen molar-refractivity contribution >= 4 is 44.0 Å². The van der Waals surface area contributed by atoms with Crippen molar-refractivity contribution in [1.29, 1.82) is 0 Å². The summed E-state index contributed by atoms with van der Waals surface area (Å²) >= 11 is 0. The third-order valence-corrected chi connectivity index (χ3v) is 7.74. The predicted molar refractivity (Wildman–Crippen MR) is 166 cm³/mol. The van der Waals surface area contributed by atoms with Crippen LogP contribution in [-0.4, -0.2) is 24.6 Å². The van der Waals surface area contributed by atoms with Crippen molar-refractivity contribution in [2.45, 2.75) is 52.4 Å². The van der Waals surface area contributed by atoms with Crippen molar-refractivity contribution in [3.63, 3.8) is 0 Å². The fourth-order valence-corrected chi connectivity index (χ4v) is 5.57. The second-order valence-electron chi connectivity index (χ2n) is 12.7. The number of rotatable bonds is 3. The molecule has 0 amide bonds. The number of phenols is 1. The Balaban J connectivity index is 0.00000329. The minimum absolute atomic E-state index is 0. The smallest absolute Gasteiger partial charge is 0.183 e. The molecule has 0 bridgehead atoms. The van der Waals surface area contributed by atoms with E-state index < -0.39 is 0 Å². The Morgan fingerprint density at radius 2 is 1.63 bits per heavy atom. The van der Waals surface area contributed by atoms with E-state index in [9.17, 15) is 5.11 Å². The number of pyridine rings is 3. The molecule has 7 aromatic rings. The van der Waals surface area contributed by atoms with Crippen molar-refractivity contribution in [2.75, 3.05) is 0 Å². The average molecular weight is 751 g/mol. The molecule has 0 spiro atoms. The molecule has 0 atom stereocenters. The Kier molecular flexibility index (Phi) is 6.85. The summed E-state index contributed by atoms with van der Waals surface area (Å²) < 4.78 is 14.3. The van der Waals surface area contributed by atoms with Crippen LogP contribution >= 0.6 is 0 Å². The van der Waals surface area contributed by atoms with E-state index in [-0.39, 0.29) is 43.4 Å². The van der Waals surface area contributed by atoms with Crippen LogP contribution in [0.4, 0.5) is 0 Å². The van der Waals surface area contributed by atoms with E-state index in [2.05, 4.69) is 69.7 Å². The first-order chi connectivity index (χ1) is 20.0. The number of para-hydroxylation sites is 1. The van der Waals surface area contributed by atoms with Gasteiger partial charge in [-0.25, -0.2) is 4.98 Å². The van der Waals surface area contributed by atoms with Crippen molar-refractivity contribution in [3.05, 3.63) is 90.4 Å². The van der Waals surface area contributed by atoms with Crippen LogP contribution in [0.5, 0.6) is 17.2 Å². The van der Waals surface area contributed by atoms with E-state index in [0.29, 0.717) is 33.5 Å². The molecule has 5 aromatic heterocycles. The number of furan rings is 1. The van der Waals surface area contributed by atoms with E-state index in [4.69, 9.17) is 14.1 Å². The first-order valence-corrected chi connectivity index (χ1v) is 14.0. The van der Waals surface area contributed by atoms with Gasteiger partial charge in [0.1, 0.15) is 22.6 Å². The van der Waals surface area contributed by atoms with E-state index in [1.54, 1.807) is 18.5 Å². The van der Waals surface area contributed by atoms with Crippen molar-refractivity contribution in [2.24, 2.45) is 0 Å². The predicted octanol–water partition coefficient (Wildman–Crippen LogP) is 8.76. The normalized spacial score (nSPS) is 12.3. The molecule has 0 saturated heterocycles. The molecule has 220 valence electrons. The molecular weight excluding hydrogens is 719 g/mol. The molecule has 1 N–H and O–H groups in total. The van der Waals surface area contributed by atoms with Gasteiger partial charge in [-0.2, -0.15) is 0 Å². The topological polar surface area (TPSA) is 86.2 Å². The second-order valence-corrected chi connectivity index (χ2v) is 12.7. The summed E-state index contributed by atoms with van der Waals surface area (Å²) in [4.78, 5) is 13.8. The molecule has 5 heterocycles. The summed E-state index contributed by atoms with van der Waals surface area (Å²) in [5.41, 5.74) is 5.37. The SMILES string of the molecule is CC(C)(C)c1ccnc(-n2c3ccccc3c3ccc(Oc4[c-]c5c(nc4)oc4c(C(C)(C)C)ccnc45)c(O)c32)c1.[Pt]. The molecule has 0 fully saturated rings. The molecule has 7 nitrogen and oxygen atoms in total. The van der Waals surface area contributed by atoms with Crippen molar-refractivity contribution in [1.82, 2.24) is 19.5 Å². The third-order valence-electron chi connectivity index (χ3n) is 7.74. The van der Waals surface area contributed by atoms with Gasteiger partial charge < -0.3 is 24.2 Å². The van der Waals surface area contributed by atoms with Crippen LogP contribution in [0.1, 0.15) is 52.7 Å². The molecule has 0 aliphatic rings. The Labute approximate surface area is 263 Å². The summed E-state index contributed by atoms with van der Waals surface area (Å²) in [6.07, 6.45) is 5.15. The summed E-state index contributed by atoms with van der Waals surface area (Å²) in [5.74, 6) is 1.36. The maximum Gasteiger partial charge on any atom is 0.183 e. The number of nitrogens with zero attached hydrogens (tertiary/aromatic N) is 4. The van der Waals surface area contributed by atoms with Gasteiger partial charge in [0, 0.05) is 49.7 Å². The molecule has 7 rings (SSSR count). The van der Waals surface area contributed by atoms with E-state index in [1.807, 2.05) is 47.2 Å². The van der Waals surface area contributed by atoms with E-state index in [0.717, 1.165) is 33.2 Å². The van der Waals surface area contributed by atoms with Crippen LogP contribution in [0, 0.1) is 6.07 Å². The van der Waals surface area contributed by atoms with Gasteiger partial charge >= 0.3 is 0 Å². The monoisotopic (exact) mass is 750 g/mol. The molecule has 0 unspecified atom stereocenters. The number of phenolic OH excluding ortho intramolecular Hbond substituents is 1. The molecule has 2 aromatic carbocycles. The minimum atomic E-state index is -0.130. The summed E-state index contributed by atoms with van der Waals surface area (Å²) in [7, 11) is 0. The maximum atomic E-state index is 11.7. The largest absolute Gasteiger partial charge is 0.503 e. The summed E-state index contributed by atoms with van der Waals surface area (Å²) in [6.45, 7) is 12.9. The van der Waals surface area contributed by atoms with Crippen LogP contribution in [0.25, 0.3) is 49.8 Å². The Morgan fingerprint density at radius 3 is 2.40 bits per heavy atom.